The fourth-order valence-corrected chi connectivity index (χ4v) is 1.90. The van der Waals surface area contributed by atoms with Crippen molar-refractivity contribution in [3.8, 4) is 11.3 Å². The molecule has 0 radical (unpaired) electrons. The van der Waals surface area contributed by atoms with Gasteiger partial charge in [-0.2, -0.15) is 13.2 Å². The summed E-state index contributed by atoms with van der Waals surface area (Å²) in [4.78, 5) is 0. The molecule has 21 heavy (non-hydrogen) atoms. The molecule has 0 saturated carbocycles. The quantitative estimate of drug-likeness (QED) is 0.853. The molecule has 2 aromatic rings. The summed E-state index contributed by atoms with van der Waals surface area (Å²) in [5, 5.41) is 3.28. The highest BCUT2D eigenvalue weighted by atomic mass is 19.4. The van der Waals surface area contributed by atoms with Gasteiger partial charge in [0.15, 0.2) is 0 Å². The highest BCUT2D eigenvalue weighted by Crippen LogP contribution is 2.32. The van der Waals surface area contributed by atoms with Crippen LogP contribution >= 0.6 is 0 Å². The van der Waals surface area contributed by atoms with E-state index in [1.54, 1.807) is 18.2 Å². The minimum Gasteiger partial charge on any atom is -0.460 e. The van der Waals surface area contributed by atoms with Gasteiger partial charge in [0.2, 0.25) is 0 Å². The van der Waals surface area contributed by atoms with E-state index in [0.717, 1.165) is 18.6 Å². The zero-order chi connectivity index (χ0) is 15.5. The fraction of sp³-hybridized carbons (Fsp3) is 0.375. The number of alkyl halides is 3. The zero-order valence-electron chi connectivity index (χ0n) is 12.0. The molecule has 0 aliphatic rings. The SMILES string of the molecule is CC[C@H](C)NCc1ccc(-c2cccc(C(F)(F)F)c2)o1. The van der Waals surface area contributed by atoms with Crippen molar-refractivity contribution >= 4 is 0 Å². The number of hydrogen-bond donors (Lipinski definition) is 1. The molecule has 0 aliphatic heterocycles. The average molecular weight is 297 g/mol. The molecule has 1 aromatic heterocycles. The van der Waals surface area contributed by atoms with Crippen LogP contribution in [0.5, 0.6) is 0 Å². The van der Waals surface area contributed by atoms with Crippen molar-refractivity contribution in [3.05, 3.63) is 47.7 Å². The Labute approximate surface area is 122 Å². The first-order valence-corrected chi connectivity index (χ1v) is 6.90. The third-order valence-electron chi connectivity index (χ3n) is 3.37. The van der Waals surface area contributed by atoms with Crippen molar-refractivity contribution in [2.24, 2.45) is 0 Å². The van der Waals surface area contributed by atoms with E-state index in [-0.39, 0.29) is 0 Å². The van der Waals surface area contributed by atoms with E-state index in [9.17, 15) is 13.2 Å². The van der Waals surface area contributed by atoms with E-state index < -0.39 is 11.7 Å². The topological polar surface area (TPSA) is 25.2 Å². The lowest BCUT2D eigenvalue weighted by Crippen LogP contribution is -2.24. The summed E-state index contributed by atoms with van der Waals surface area (Å²) < 4.78 is 43.7. The van der Waals surface area contributed by atoms with Gasteiger partial charge < -0.3 is 9.73 Å². The van der Waals surface area contributed by atoms with Crippen LogP contribution in [0.4, 0.5) is 13.2 Å². The van der Waals surface area contributed by atoms with Crippen molar-refractivity contribution in [2.45, 2.75) is 39.0 Å². The maximum absolute atomic E-state index is 12.7. The van der Waals surface area contributed by atoms with Crippen LogP contribution in [0.2, 0.25) is 0 Å². The fourth-order valence-electron chi connectivity index (χ4n) is 1.90. The summed E-state index contributed by atoms with van der Waals surface area (Å²) in [6.45, 7) is 4.71. The van der Waals surface area contributed by atoms with E-state index in [1.807, 2.05) is 0 Å². The Morgan fingerprint density at radius 3 is 2.62 bits per heavy atom. The molecule has 0 amide bonds. The Bertz CT molecular complexity index is 589. The third-order valence-corrected chi connectivity index (χ3v) is 3.37. The smallest absolute Gasteiger partial charge is 0.416 e. The van der Waals surface area contributed by atoms with Gasteiger partial charge in [-0.15, -0.1) is 0 Å². The minimum absolute atomic E-state index is 0.368. The number of halogens is 3. The Kier molecular flexibility index (Phi) is 4.73. The van der Waals surface area contributed by atoms with E-state index >= 15 is 0 Å². The molecule has 2 nitrogen and oxygen atoms in total. The van der Waals surface area contributed by atoms with Crippen LogP contribution in [0.1, 0.15) is 31.6 Å². The van der Waals surface area contributed by atoms with Crippen LogP contribution in [-0.4, -0.2) is 6.04 Å². The van der Waals surface area contributed by atoms with Crippen molar-refractivity contribution in [3.63, 3.8) is 0 Å². The van der Waals surface area contributed by atoms with Gasteiger partial charge in [-0.05, 0) is 37.6 Å². The van der Waals surface area contributed by atoms with Gasteiger partial charge in [-0.1, -0.05) is 19.1 Å². The number of hydrogen-bond acceptors (Lipinski definition) is 2. The molecule has 5 heteroatoms. The van der Waals surface area contributed by atoms with Gasteiger partial charge in [0.05, 0.1) is 12.1 Å². The standard InChI is InChI=1S/C16H18F3NO/c1-3-11(2)20-10-14-7-8-15(21-14)12-5-4-6-13(9-12)16(17,18)19/h4-9,11,20H,3,10H2,1-2H3/t11-/m0/s1. The van der Waals surface area contributed by atoms with Crippen LogP contribution in [0.25, 0.3) is 11.3 Å². The second-order valence-electron chi connectivity index (χ2n) is 5.03. The number of nitrogens with one attached hydrogen (secondary N) is 1. The Morgan fingerprint density at radius 2 is 1.95 bits per heavy atom. The maximum atomic E-state index is 12.7. The van der Waals surface area contributed by atoms with Crippen LogP contribution in [0.15, 0.2) is 40.8 Å². The largest absolute Gasteiger partial charge is 0.460 e. The van der Waals surface area contributed by atoms with Crippen LogP contribution < -0.4 is 5.32 Å². The van der Waals surface area contributed by atoms with Gasteiger partial charge >= 0.3 is 6.18 Å². The second-order valence-corrected chi connectivity index (χ2v) is 5.03. The van der Waals surface area contributed by atoms with E-state index in [2.05, 4.69) is 19.2 Å². The lowest BCUT2D eigenvalue weighted by molar-refractivity contribution is -0.137. The van der Waals surface area contributed by atoms with Crippen molar-refractivity contribution in [1.29, 1.82) is 0 Å². The predicted molar refractivity (Wildman–Crippen MR) is 75.7 cm³/mol. The molecule has 0 aliphatic carbocycles. The van der Waals surface area contributed by atoms with E-state index in [0.29, 0.717) is 29.7 Å². The van der Waals surface area contributed by atoms with Gasteiger partial charge in [-0.3, -0.25) is 0 Å². The lowest BCUT2D eigenvalue weighted by atomic mass is 10.1. The predicted octanol–water partition coefficient (Wildman–Crippen LogP) is 4.85. The van der Waals surface area contributed by atoms with Crippen LogP contribution in [0, 0.1) is 0 Å². The highest BCUT2D eigenvalue weighted by Gasteiger charge is 2.30. The van der Waals surface area contributed by atoms with Crippen molar-refractivity contribution < 1.29 is 17.6 Å². The first kappa shape index (κ1) is 15.6. The monoisotopic (exact) mass is 297 g/mol. The van der Waals surface area contributed by atoms with Gasteiger partial charge in [0.1, 0.15) is 11.5 Å². The molecule has 2 rings (SSSR count). The minimum atomic E-state index is -4.34. The van der Waals surface area contributed by atoms with Crippen LogP contribution in [-0.2, 0) is 12.7 Å². The van der Waals surface area contributed by atoms with Crippen molar-refractivity contribution in [1.82, 2.24) is 5.32 Å². The van der Waals surface area contributed by atoms with Gasteiger partial charge in [0.25, 0.3) is 0 Å². The Hall–Kier alpha value is -1.75. The highest BCUT2D eigenvalue weighted by molar-refractivity contribution is 5.58. The summed E-state index contributed by atoms with van der Waals surface area (Å²) in [6, 6.07) is 9.00. The molecule has 1 aromatic carbocycles. The summed E-state index contributed by atoms with van der Waals surface area (Å²) in [5.74, 6) is 1.16. The summed E-state index contributed by atoms with van der Waals surface area (Å²) in [6.07, 6.45) is -3.34. The molecule has 1 atom stereocenters. The van der Waals surface area contributed by atoms with Gasteiger partial charge in [-0.25, -0.2) is 0 Å². The Morgan fingerprint density at radius 1 is 1.19 bits per heavy atom. The first-order chi connectivity index (χ1) is 9.90. The molecule has 0 unspecified atom stereocenters. The summed E-state index contributed by atoms with van der Waals surface area (Å²) in [7, 11) is 0. The van der Waals surface area contributed by atoms with Crippen LogP contribution in [0.3, 0.4) is 0 Å². The number of benzene rings is 1. The number of furan rings is 1. The molecular weight excluding hydrogens is 279 g/mol. The first-order valence-electron chi connectivity index (χ1n) is 6.90. The average Bonchev–Trinajstić information content (AvgIpc) is 2.93. The lowest BCUT2D eigenvalue weighted by Gasteiger charge is -2.09. The molecule has 0 bridgehead atoms. The normalized spacial score (nSPS) is 13.4. The molecule has 114 valence electrons. The maximum Gasteiger partial charge on any atom is 0.416 e. The molecule has 0 spiro atoms. The summed E-state index contributed by atoms with van der Waals surface area (Å²) >= 11 is 0. The Balaban J connectivity index is 2.14. The van der Waals surface area contributed by atoms with Gasteiger partial charge in [0, 0.05) is 11.6 Å². The molecule has 0 fully saturated rings. The third kappa shape index (κ3) is 4.11. The molecule has 1 heterocycles. The molecule has 1 N–H and O–H groups in total. The molecule has 0 saturated heterocycles. The molecular formula is C16H18F3NO. The second kappa shape index (κ2) is 6.35. The van der Waals surface area contributed by atoms with E-state index in [1.165, 1.54) is 6.07 Å². The van der Waals surface area contributed by atoms with Crippen molar-refractivity contribution in [2.75, 3.05) is 0 Å². The zero-order valence-corrected chi connectivity index (χ0v) is 12.0. The van der Waals surface area contributed by atoms with E-state index in [4.69, 9.17) is 4.42 Å². The number of rotatable bonds is 5. The summed E-state index contributed by atoms with van der Waals surface area (Å²) in [5.41, 5.74) is -0.240.